The van der Waals surface area contributed by atoms with E-state index in [0.717, 1.165) is 24.2 Å². The summed E-state index contributed by atoms with van der Waals surface area (Å²) < 4.78 is 5.06. The molecular formula is C15H20N2O3. The van der Waals surface area contributed by atoms with Crippen LogP contribution in [-0.4, -0.2) is 32.0 Å². The van der Waals surface area contributed by atoms with Crippen LogP contribution in [0.3, 0.4) is 0 Å². The second-order valence-electron chi connectivity index (χ2n) is 4.94. The van der Waals surface area contributed by atoms with Gasteiger partial charge in [-0.1, -0.05) is 12.1 Å². The van der Waals surface area contributed by atoms with Crippen molar-refractivity contribution in [2.24, 2.45) is 5.92 Å². The van der Waals surface area contributed by atoms with Crippen LogP contribution in [0.15, 0.2) is 24.3 Å². The normalized spacial score (nSPS) is 13.7. The van der Waals surface area contributed by atoms with E-state index in [1.807, 2.05) is 24.3 Å². The SMILES string of the molecule is COc1ccc(CC(=O)NCCNC(=O)C2CC2)cc1. The Balaban J connectivity index is 1.62. The first-order chi connectivity index (χ1) is 9.69. The van der Waals surface area contributed by atoms with Crippen LogP contribution >= 0.6 is 0 Å². The largest absolute Gasteiger partial charge is 0.497 e. The first kappa shape index (κ1) is 14.4. The van der Waals surface area contributed by atoms with Crippen molar-refractivity contribution >= 4 is 11.8 Å². The molecule has 1 aromatic rings. The van der Waals surface area contributed by atoms with Gasteiger partial charge in [0.25, 0.3) is 0 Å². The van der Waals surface area contributed by atoms with E-state index in [1.165, 1.54) is 0 Å². The number of ether oxygens (including phenoxy) is 1. The third kappa shape index (κ3) is 4.57. The molecule has 1 aromatic carbocycles. The predicted octanol–water partition coefficient (Wildman–Crippen LogP) is 0.880. The molecule has 2 N–H and O–H groups in total. The summed E-state index contributed by atoms with van der Waals surface area (Å²) in [6, 6.07) is 7.40. The number of benzene rings is 1. The van der Waals surface area contributed by atoms with Gasteiger partial charge in [-0.05, 0) is 30.5 Å². The lowest BCUT2D eigenvalue weighted by molar-refractivity contribution is -0.123. The van der Waals surface area contributed by atoms with Crippen LogP contribution in [0.2, 0.25) is 0 Å². The van der Waals surface area contributed by atoms with Crippen molar-refractivity contribution in [1.82, 2.24) is 10.6 Å². The molecule has 0 spiro atoms. The Morgan fingerprint density at radius 1 is 1.15 bits per heavy atom. The highest BCUT2D eigenvalue weighted by atomic mass is 16.5. The Labute approximate surface area is 118 Å². The van der Waals surface area contributed by atoms with E-state index in [0.29, 0.717) is 19.5 Å². The molecule has 0 atom stereocenters. The van der Waals surface area contributed by atoms with Gasteiger partial charge in [0.05, 0.1) is 13.5 Å². The molecule has 1 saturated carbocycles. The fraction of sp³-hybridized carbons (Fsp3) is 0.467. The van der Waals surface area contributed by atoms with Crippen molar-refractivity contribution in [3.8, 4) is 5.75 Å². The minimum absolute atomic E-state index is 0.0455. The average molecular weight is 276 g/mol. The summed E-state index contributed by atoms with van der Waals surface area (Å²) in [5.41, 5.74) is 0.935. The van der Waals surface area contributed by atoms with Crippen molar-refractivity contribution in [2.45, 2.75) is 19.3 Å². The van der Waals surface area contributed by atoms with Crippen LogP contribution in [0.4, 0.5) is 0 Å². The van der Waals surface area contributed by atoms with Gasteiger partial charge in [-0.3, -0.25) is 9.59 Å². The maximum absolute atomic E-state index is 11.7. The molecule has 0 heterocycles. The zero-order valence-corrected chi connectivity index (χ0v) is 11.6. The molecule has 20 heavy (non-hydrogen) atoms. The monoisotopic (exact) mass is 276 g/mol. The van der Waals surface area contributed by atoms with E-state index in [2.05, 4.69) is 10.6 Å². The topological polar surface area (TPSA) is 67.4 Å². The summed E-state index contributed by atoms with van der Waals surface area (Å²) in [5.74, 6) is 1.05. The second-order valence-corrected chi connectivity index (χ2v) is 4.94. The molecule has 5 heteroatoms. The molecule has 2 amide bonds. The quantitative estimate of drug-likeness (QED) is 0.726. The Kier molecular flexibility index (Phi) is 4.98. The van der Waals surface area contributed by atoms with E-state index in [9.17, 15) is 9.59 Å². The second kappa shape index (κ2) is 6.93. The van der Waals surface area contributed by atoms with Gasteiger partial charge in [0, 0.05) is 19.0 Å². The molecule has 0 bridgehead atoms. The summed E-state index contributed by atoms with van der Waals surface area (Å²) in [4.78, 5) is 23.1. The average Bonchev–Trinajstić information content (AvgIpc) is 3.29. The van der Waals surface area contributed by atoms with Crippen molar-refractivity contribution in [2.75, 3.05) is 20.2 Å². The molecule has 1 aliphatic rings. The molecular weight excluding hydrogens is 256 g/mol. The zero-order valence-electron chi connectivity index (χ0n) is 11.6. The number of carbonyl (C=O) groups is 2. The van der Waals surface area contributed by atoms with E-state index >= 15 is 0 Å². The lowest BCUT2D eigenvalue weighted by Crippen LogP contribution is -2.35. The van der Waals surface area contributed by atoms with Gasteiger partial charge in [0.1, 0.15) is 5.75 Å². The molecule has 0 aliphatic heterocycles. The third-order valence-electron chi connectivity index (χ3n) is 3.22. The van der Waals surface area contributed by atoms with Crippen molar-refractivity contribution in [3.63, 3.8) is 0 Å². The van der Waals surface area contributed by atoms with Crippen molar-refractivity contribution in [3.05, 3.63) is 29.8 Å². The lowest BCUT2D eigenvalue weighted by atomic mass is 10.1. The summed E-state index contributed by atoms with van der Waals surface area (Å²) >= 11 is 0. The highest BCUT2D eigenvalue weighted by Gasteiger charge is 2.28. The van der Waals surface area contributed by atoms with E-state index in [1.54, 1.807) is 7.11 Å². The Bertz CT molecular complexity index is 467. The first-order valence-corrected chi connectivity index (χ1v) is 6.86. The van der Waals surface area contributed by atoms with Crippen LogP contribution in [0.1, 0.15) is 18.4 Å². The lowest BCUT2D eigenvalue weighted by Gasteiger charge is -2.07. The predicted molar refractivity (Wildman–Crippen MR) is 75.4 cm³/mol. The Morgan fingerprint density at radius 2 is 1.80 bits per heavy atom. The molecule has 1 fully saturated rings. The molecule has 0 saturated heterocycles. The van der Waals surface area contributed by atoms with Gasteiger partial charge in [0.2, 0.25) is 11.8 Å². The molecule has 0 aromatic heterocycles. The zero-order chi connectivity index (χ0) is 14.4. The number of methoxy groups -OCH3 is 1. The minimum Gasteiger partial charge on any atom is -0.497 e. The van der Waals surface area contributed by atoms with Gasteiger partial charge in [-0.25, -0.2) is 0 Å². The Hall–Kier alpha value is -2.04. The summed E-state index contributed by atoms with van der Waals surface area (Å²) in [6.07, 6.45) is 2.33. The summed E-state index contributed by atoms with van der Waals surface area (Å²) in [5, 5.41) is 5.60. The van der Waals surface area contributed by atoms with Crippen LogP contribution in [0.25, 0.3) is 0 Å². The summed E-state index contributed by atoms with van der Waals surface area (Å²) in [6.45, 7) is 0.955. The smallest absolute Gasteiger partial charge is 0.224 e. The maximum atomic E-state index is 11.7. The van der Waals surface area contributed by atoms with Crippen LogP contribution < -0.4 is 15.4 Å². The van der Waals surface area contributed by atoms with Crippen LogP contribution in [0, 0.1) is 5.92 Å². The van der Waals surface area contributed by atoms with Crippen molar-refractivity contribution < 1.29 is 14.3 Å². The number of hydrogen-bond donors (Lipinski definition) is 2. The van der Waals surface area contributed by atoms with E-state index < -0.39 is 0 Å². The van der Waals surface area contributed by atoms with Crippen LogP contribution in [0.5, 0.6) is 5.75 Å². The van der Waals surface area contributed by atoms with E-state index in [-0.39, 0.29) is 17.7 Å². The number of nitrogens with one attached hydrogen (secondary N) is 2. The molecule has 0 unspecified atom stereocenters. The van der Waals surface area contributed by atoms with E-state index in [4.69, 9.17) is 4.74 Å². The van der Waals surface area contributed by atoms with Gasteiger partial charge < -0.3 is 15.4 Å². The number of rotatable bonds is 7. The highest BCUT2D eigenvalue weighted by Crippen LogP contribution is 2.28. The molecule has 5 nitrogen and oxygen atoms in total. The van der Waals surface area contributed by atoms with Crippen LogP contribution in [-0.2, 0) is 16.0 Å². The minimum atomic E-state index is -0.0455. The summed E-state index contributed by atoms with van der Waals surface area (Å²) in [7, 11) is 1.61. The fourth-order valence-electron chi connectivity index (χ4n) is 1.87. The molecule has 2 rings (SSSR count). The van der Waals surface area contributed by atoms with Gasteiger partial charge in [-0.15, -0.1) is 0 Å². The molecule has 1 aliphatic carbocycles. The highest BCUT2D eigenvalue weighted by molar-refractivity contribution is 5.81. The Morgan fingerprint density at radius 3 is 2.40 bits per heavy atom. The maximum Gasteiger partial charge on any atom is 0.224 e. The molecule has 0 radical (unpaired) electrons. The van der Waals surface area contributed by atoms with Crippen molar-refractivity contribution in [1.29, 1.82) is 0 Å². The fourth-order valence-corrected chi connectivity index (χ4v) is 1.87. The van der Waals surface area contributed by atoms with Gasteiger partial charge >= 0.3 is 0 Å². The standard InChI is InChI=1S/C15H20N2O3/c1-20-13-6-2-11(3-7-13)10-14(18)16-8-9-17-15(19)12-4-5-12/h2-3,6-7,12H,4-5,8-10H2,1H3,(H,16,18)(H,17,19). The third-order valence-corrected chi connectivity index (χ3v) is 3.22. The number of hydrogen-bond acceptors (Lipinski definition) is 3. The van der Waals surface area contributed by atoms with Gasteiger partial charge in [0.15, 0.2) is 0 Å². The van der Waals surface area contributed by atoms with Gasteiger partial charge in [-0.2, -0.15) is 0 Å². The molecule has 108 valence electrons. The number of carbonyl (C=O) groups excluding carboxylic acids is 2. The first-order valence-electron chi connectivity index (χ1n) is 6.86. The number of amides is 2.